The van der Waals surface area contributed by atoms with Crippen LogP contribution in [0.2, 0.25) is 0 Å². The second-order valence-corrected chi connectivity index (χ2v) is 19.0. The summed E-state index contributed by atoms with van der Waals surface area (Å²) in [7, 11) is 0. The molecule has 1 aliphatic rings. The van der Waals surface area contributed by atoms with Crippen molar-refractivity contribution in [2.45, 2.75) is 301 Å². The molecule has 9 heteroatoms. The maximum absolute atomic E-state index is 13.0. The van der Waals surface area contributed by atoms with Gasteiger partial charge in [-0.05, 0) is 32.1 Å². The molecule has 0 aromatic heterocycles. The van der Waals surface area contributed by atoms with Gasteiger partial charge >= 0.3 is 0 Å². The van der Waals surface area contributed by atoms with Crippen LogP contribution in [0.25, 0.3) is 0 Å². The Morgan fingerprint density at radius 1 is 0.524 bits per heavy atom. The van der Waals surface area contributed by atoms with Crippen LogP contribution in [0.15, 0.2) is 24.3 Å². The van der Waals surface area contributed by atoms with E-state index in [-0.39, 0.29) is 12.5 Å². The van der Waals surface area contributed by atoms with Crippen LogP contribution in [-0.2, 0) is 14.3 Å². The zero-order valence-corrected chi connectivity index (χ0v) is 41.1. The number of unbranched alkanes of at least 4 members (excludes halogenated alkanes) is 34. The van der Waals surface area contributed by atoms with Crippen molar-refractivity contribution >= 4 is 5.91 Å². The van der Waals surface area contributed by atoms with E-state index in [1.54, 1.807) is 6.08 Å². The van der Waals surface area contributed by atoms with Gasteiger partial charge < -0.3 is 40.3 Å². The minimum Gasteiger partial charge on any atom is -0.394 e. The van der Waals surface area contributed by atoms with E-state index in [0.717, 1.165) is 38.5 Å². The number of aliphatic hydroxyl groups is 5. The highest BCUT2D eigenvalue weighted by molar-refractivity contribution is 5.76. The second kappa shape index (κ2) is 44.5. The van der Waals surface area contributed by atoms with Crippen molar-refractivity contribution in [1.29, 1.82) is 0 Å². The van der Waals surface area contributed by atoms with Gasteiger partial charge in [-0.2, -0.15) is 0 Å². The SMILES string of the molecule is CCCCCCCCCCCC/C=C/CC/C=C/C(O)C(COC1OC(CO)C(O)C(O)C1O)NC(=O)CCCCCCCCCCCCCCCCCCCCCCCCCC. The normalized spacial score (nSPS) is 20.3. The maximum atomic E-state index is 13.0. The molecule has 1 saturated heterocycles. The molecule has 1 rings (SSSR count). The van der Waals surface area contributed by atoms with Crippen molar-refractivity contribution in [3.63, 3.8) is 0 Å². The van der Waals surface area contributed by atoms with Gasteiger partial charge in [0.05, 0.1) is 25.4 Å². The standard InChI is InChI=1S/C54H103NO8/c1-3-5-7-9-11-13-15-17-19-21-22-23-24-25-26-27-28-30-32-34-36-38-40-42-44-50(58)55-47(46-62-54-53(61)52(60)51(59)49(45-56)63-54)48(57)43-41-39-37-35-33-31-29-20-18-16-14-12-10-8-6-4-2/h33,35,41,43,47-49,51-54,56-57,59-61H,3-32,34,36-40,42,44-46H2,1-2H3,(H,55,58)/b35-33+,43-41+. The summed E-state index contributed by atoms with van der Waals surface area (Å²) in [6.07, 6.45) is 48.1. The molecule has 1 fully saturated rings. The van der Waals surface area contributed by atoms with E-state index in [0.29, 0.717) is 6.42 Å². The Hall–Kier alpha value is -1.33. The number of aliphatic hydroxyl groups excluding tert-OH is 5. The summed E-state index contributed by atoms with van der Waals surface area (Å²) in [5.74, 6) is -0.182. The molecule has 1 aliphatic heterocycles. The van der Waals surface area contributed by atoms with Crippen LogP contribution in [0.4, 0.5) is 0 Å². The predicted octanol–water partition coefficient (Wildman–Crippen LogP) is 12.6. The summed E-state index contributed by atoms with van der Waals surface area (Å²) in [6.45, 7) is 3.78. The fourth-order valence-corrected chi connectivity index (χ4v) is 8.70. The lowest BCUT2D eigenvalue weighted by Crippen LogP contribution is -2.60. The lowest BCUT2D eigenvalue weighted by atomic mass is 9.99. The lowest BCUT2D eigenvalue weighted by molar-refractivity contribution is -0.302. The fourth-order valence-electron chi connectivity index (χ4n) is 8.70. The van der Waals surface area contributed by atoms with Crippen LogP contribution in [0.5, 0.6) is 0 Å². The highest BCUT2D eigenvalue weighted by Crippen LogP contribution is 2.23. The Morgan fingerprint density at radius 3 is 1.33 bits per heavy atom. The molecule has 1 heterocycles. The van der Waals surface area contributed by atoms with Crippen LogP contribution in [0.3, 0.4) is 0 Å². The quantitative estimate of drug-likeness (QED) is 0.0261. The molecule has 7 atom stereocenters. The molecule has 0 bridgehead atoms. The molecule has 0 aliphatic carbocycles. The Bertz CT molecular complexity index is 1040. The van der Waals surface area contributed by atoms with Crippen LogP contribution >= 0.6 is 0 Å². The van der Waals surface area contributed by atoms with Gasteiger partial charge in [-0.15, -0.1) is 0 Å². The van der Waals surface area contributed by atoms with E-state index in [1.807, 2.05) is 6.08 Å². The highest BCUT2D eigenvalue weighted by Gasteiger charge is 2.44. The molecule has 0 spiro atoms. The number of nitrogens with one attached hydrogen (secondary N) is 1. The third kappa shape index (κ3) is 34.6. The summed E-state index contributed by atoms with van der Waals surface area (Å²) in [5.41, 5.74) is 0. The van der Waals surface area contributed by atoms with Crippen molar-refractivity contribution in [2.24, 2.45) is 0 Å². The predicted molar refractivity (Wildman–Crippen MR) is 263 cm³/mol. The minimum atomic E-state index is -1.57. The fraction of sp³-hybridized carbons (Fsp3) is 0.907. The molecule has 6 N–H and O–H groups in total. The molecule has 0 radical (unpaired) electrons. The molecular weight excluding hydrogens is 791 g/mol. The maximum Gasteiger partial charge on any atom is 0.220 e. The number of rotatable bonds is 46. The van der Waals surface area contributed by atoms with Crippen molar-refractivity contribution in [2.75, 3.05) is 13.2 Å². The van der Waals surface area contributed by atoms with E-state index in [2.05, 4.69) is 31.3 Å². The first kappa shape index (κ1) is 59.7. The number of hydrogen-bond donors (Lipinski definition) is 6. The van der Waals surface area contributed by atoms with Crippen LogP contribution < -0.4 is 5.32 Å². The second-order valence-electron chi connectivity index (χ2n) is 19.0. The molecule has 372 valence electrons. The smallest absolute Gasteiger partial charge is 0.220 e. The minimum absolute atomic E-state index is 0.182. The zero-order valence-electron chi connectivity index (χ0n) is 41.1. The molecule has 0 aromatic carbocycles. The van der Waals surface area contributed by atoms with Crippen molar-refractivity contribution < 1.29 is 39.8 Å². The zero-order chi connectivity index (χ0) is 45.9. The van der Waals surface area contributed by atoms with Crippen molar-refractivity contribution in [3.05, 3.63) is 24.3 Å². The Morgan fingerprint density at radius 2 is 0.905 bits per heavy atom. The largest absolute Gasteiger partial charge is 0.394 e. The first-order chi connectivity index (χ1) is 30.8. The third-order valence-corrected chi connectivity index (χ3v) is 13.0. The first-order valence-electron chi connectivity index (χ1n) is 27.1. The monoisotopic (exact) mass is 894 g/mol. The van der Waals surface area contributed by atoms with Gasteiger partial charge in [0.1, 0.15) is 24.4 Å². The van der Waals surface area contributed by atoms with Gasteiger partial charge in [-0.25, -0.2) is 0 Å². The van der Waals surface area contributed by atoms with Gasteiger partial charge in [0.25, 0.3) is 0 Å². The van der Waals surface area contributed by atoms with Gasteiger partial charge in [-0.3, -0.25) is 4.79 Å². The van der Waals surface area contributed by atoms with Crippen LogP contribution in [0, 0.1) is 0 Å². The van der Waals surface area contributed by atoms with Gasteiger partial charge in [0, 0.05) is 6.42 Å². The van der Waals surface area contributed by atoms with E-state index >= 15 is 0 Å². The number of carbonyl (C=O) groups excluding carboxylic acids is 1. The number of hydrogen-bond acceptors (Lipinski definition) is 8. The Balaban J connectivity index is 2.24. The summed E-state index contributed by atoms with van der Waals surface area (Å²) >= 11 is 0. The molecule has 7 unspecified atom stereocenters. The van der Waals surface area contributed by atoms with E-state index in [1.165, 1.54) is 199 Å². The summed E-state index contributed by atoms with van der Waals surface area (Å²) < 4.78 is 11.2. The molecule has 1 amide bonds. The Kier molecular flexibility index (Phi) is 42.2. The molecule has 9 nitrogen and oxygen atoms in total. The van der Waals surface area contributed by atoms with E-state index < -0.39 is 49.5 Å². The van der Waals surface area contributed by atoms with Crippen LogP contribution in [-0.4, -0.2) is 87.5 Å². The number of allylic oxidation sites excluding steroid dienone is 3. The number of amides is 1. The average molecular weight is 894 g/mol. The van der Waals surface area contributed by atoms with Gasteiger partial charge in [0.15, 0.2) is 6.29 Å². The summed E-state index contributed by atoms with van der Waals surface area (Å²) in [4.78, 5) is 13.0. The van der Waals surface area contributed by atoms with Gasteiger partial charge in [0.2, 0.25) is 5.91 Å². The summed E-state index contributed by atoms with van der Waals surface area (Å²) in [6, 6.07) is -0.817. The third-order valence-electron chi connectivity index (χ3n) is 13.0. The van der Waals surface area contributed by atoms with Gasteiger partial charge in [-0.1, -0.05) is 244 Å². The molecule has 0 aromatic rings. The first-order valence-corrected chi connectivity index (χ1v) is 27.1. The van der Waals surface area contributed by atoms with Crippen molar-refractivity contribution in [3.8, 4) is 0 Å². The summed E-state index contributed by atoms with van der Waals surface area (Å²) in [5, 5.41) is 54.3. The van der Waals surface area contributed by atoms with E-state index in [4.69, 9.17) is 9.47 Å². The molecular formula is C54H103NO8. The van der Waals surface area contributed by atoms with Crippen LogP contribution in [0.1, 0.15) is 258 Å². The Labute approximate surface area is 388 Å². The topological polar surface area (TPSA) is 149 Å². The number of ether oxygens (including phenoxy) is 2. The molecule has 63 heavy (non-hydrogen) atoms. The average Bonchev–Trinajstić information content (AvgIpc) is 3.28. The van der Waals surface area contributed by atoms with E-state index in [9.17, 15) is 30.3 Å². The highest BCUT2D eigenvalue weighted by atomic mass is 16.7. The number of carbonyl (C=O) groups is 1. The lowest BCUT2D eigenvalue weighted by Gasteiger charge is -2.40. The molecule has 0 saturated carbocycles. The van der Waals surface area contributed by atoms with Crippen molar-refractivity contribution in [1.82, 2.24) is 5.32 Å².